The van der Waals surface area contributed by atoms with Gasteiger partial charge in [-0.1, -0.05) is 42.8 Å². The van der Waals surface area contributed by atoms with Gasteiger partial charge in [0.15, 0.2) is 0 Å². The van der Waals surface area contributed by atoms with Gasteiger partial charge in [0, 0.05) is 19.5 Å². The molecule has 4 rings (SSSR count). The van der Waals surface area contributed by atoms with Crippen molar-refractivity contribution in [1.82, 2.24) is 14.9 Å². The van der Waals surface area contributed by atoms with Crippen molar-refractivity contribution in [1.29, 1.82) is 0 Å². The predicted molar refractivity (Wildman–Crippen MR) is 149 cm³/mol. The van der Waals surface area contributed by atoms with Gasteiger partial charge in [-0.15, -0.1) is 0 Å². The van der Waals surface area contributed by atoms with E-state index in [4.69, 9.17) is 14.5 Å². The zero-order valence-corrected chi connectivity index (χ0v) is 22.1. The topological polar surface area (TPSA) is 65.4 Å². The van der Waals surface area contributed by atoms with Crippen molar-refractivity contribution in [3.63, 3.8) is 0 Å². The molecule has 0 saturated carbocycles. The fourth-order valence-corrected chi connectivity index (χ4v) is 4.57. The zero-order valence-electron chi connectivity index (χ0n) is 22.1. The fourth-order valence-electron chi connectivity index (χ4n) is 4.57. The molecule has 0 bridgehead atoms. The van der Waals surface area contributed by atoms with E-state index in [1.807, 2.05) is 30.3 Å². The summed E-state index contributed by atoms with van der Waals surface area (Å²) < 4.78 is 13.7. The van der Waals surface area contributed by atoms with Crippen LogP contribution in [0.1, 0.15) is 53.0 Å². The number of carbonyl (C=O) groups is 1. The second kappa shape index (κ2) is 12.9. The Labute approximate surface area is 219 Å². The molecule has 0 saturated heterocycles. The number of nitrogens with zero attached hydrogens (tertiary/aromatic N) is 2. The van der Waals surface area contributed by atoms with Crippen molar-refractivity contribution < 1.29 is 14.3 Å². The molecule has 6 heteroatoms. The number of aromatic nitrogens is 2. The van der Waals surface area contributed by atoms with Crippen molar-refractivity contribution in [2.75, 3.05) is 20.3 Å². The number of imidazole rings is 1. The van der Waals surface area contributed by atoms with E-state index in [1.165, 1.54) is 16.6 Å². The second-order valence-corrected chi connectivity index (χ2v) is 9.34. The Bertz CT molecular complexity index is 1330. The average molecular weight is 500 g/mol. The van der Waals surface area contributed by atoms with Gasteiger partial charge in [-0.2, -0.15) is 0 Å². The summed E-state index contributed by atoms with van der Waals surface area (Å²) in [4.78, 5) is 17.4. The lowest BCUT2D eigenvalue weighted by atomic mass is 10.1. The highest BCUT2D eigenvalue weighted by Gasteiger charge is 2.12. The van der Waals surface area contributed by atoms with Crippen LogP contribution in [0.4, 0.5) is 0 Å². The number of fused-ring (bicyclic) bond motifs is 1. The summed E-state index contributed by atoms with van der Waals surface area (Å²) in [7, 11) is 1.58. The van der Waals surface area contributed by atoms with Crippen LogP contribution >= 0.6 is 0 Å². The number of hydrogen-bond donors (Lipinski definition) is 1. The van der Waals surface area contributed by atoms with Gasteiger partial charge >= 0.3 is 0 Å². The van der Waals surface area contributed by atoms with Gasteiger partial charge in [-0.3, -0.25) is 4.79 Å². The van der Waals surface area contributed by atoms with Gasteiger partial charge < -0.3 is 19.4 Å². The van der Waals surface area contributed by atoms with Gasteiger partial charge in [-0.25, -0.2) is 4.98 Å². The Morgan fingerprint density at radius 3 is 2.54 bits per heavy atom. The third kappa shape index (κ3) is 6.70. The van der Waals surface area contributed by atoms with Gasteiger partial charge in [-0.05, 0) is 74.6 Å². The number of ether oxygens (including phenoxy) is 2. The minimum absolute atomic E-state index is 0.0951. The number of benzene rings is 3. The summed E-state index contributed by atoms with van der Waals surface area (Å²) in [6, 6.07) is 21.8. The van der Waals surface area contributed by atoms with Crippen molar-refractivity contribution in [2.24, 2.45) is 0 Å². The molecule has 6 nitrogen and oxygen atoms in total. The van der Waals surface area contributed by atoms with E-state index in [9.17, 15) is 4.79 Å². The Balaban J connectivity index is 1.26. The van der Waals surface area contributed by atoms with E-state index in [2.05, 4.69) is 48.0 Å². The molecule has 0 unspecified atom stereocenters. The fraction of sp³-hybridized carbons (Fsp3) is 0.355. The largest absolute Gasteiger partial charge is 0.496 e. The van der Waals surface area contributed by atoms with Crippen LogP contribution in [0.3, 0.4) is 0 Å². The maximum absolute atomic E-state index is 12.5. The summed E-state index contributed by atoms with van der Waals surface area (Å²) in [5.74, 6) is 2.58. The molecule has 3 aromatic carbocycles. The van der Waals surface area contributed by atoms with Crippen molar-refractivity contribution in [2.45, 2.75) is 52.5 Å². The number of rotatable bonds is 13. The molecule has 0 aliphatic rings. The lowest BCUT2D eigenvalue weighted by Crippen LogP contribution is -2.24. The Morgan fingerprint density at radius 2 is 1.68 bits per heavy atom. The maximum atomic E-state index is 12.5. The van der Waals surface area contributed by atoms with E-state index in [0.29, 0.717) is 24.5 Å². The Kier molecular flexibility index (Phi) is 9.19. The first-order chi connectivity index (χ1) is 18.1. The highest BCUT2D eigenvalue weighted by Crippen LogP contribution is 2.22. The van der Waals surface area contributed by atoms with Crippen LogP contribution in [0.25, 0.3) is 11.0 Å². The number of unbranched alkanes of at least 4 members (excludes halogenated alkanes) is 2. The molecule has 37 heavy (non-hydrogen) atoms. The molecule has 0 spiro atoms. The molecule has 1 amide bonds. The first kappa shape index (κ1) is 26.3. The standard InChI is InChI=1S/C31H37N3O3/c1-23-13-11-18-28(24(23)2)37-22-12-21-34-27-16-8-7-15-26(27)33-30(34)19-5-4-10-20-32-31(35)25-14-6-9-17-29(25)36-3/h6-9,11,13-18H,4-5,10,12,19-22H2,1-3H3,(H,32,35). The highest BCUT2D eigenvalue weighted by molar-refractivity contribution is 5.96. The third-order valence-electron chi connectivity index (χ3n) is 6.79. The summed E-state index contributed by atoms with van der Waals surface area (Å²) in [6.07, 6.45) is 4.78. The first-order valence-corrected chi connectivity index (χ1v) is 13.1. The van der Waals surface area contributed by atoms with E-state index in [0.717, 1.165) is 55.7 Å². The van der Waals surface area contributed by atoms with E-state index < -0.39 is 0 Å². The molecule has 194 valence electrons. The number of aryl methyl sites for hydroxylation is 3. The third-order valence-corrected chi connectivity index (χ3v) is 6.79. The van der Waals surface area contributed by atoms with E-state index in [1.54, 1.807) is 19.2 Å². The SMILES string of the molecule is COc1ccccc1C(=O)NCCCCCc1nc2ccccc2n1CCCOc1cccc(C)c1C. The molecule has 1 aromatic heterocycles. The molecule has 0 fully saturated rings. The summed E-state index contributed by atoms with van der Waals surface area (Å²) in [5.41, 5.74) is 5.24. The molecule has 4 aromatic rings. The van der Waals surface area contributed by atoms with Gasteiger partial charge in [0.2, 0.25) is 0 Å². The van der Waals surface area contributed by atoms with Crippen molar-refractivity contribution in [3.8, 4) is 11.5 Å². The average Bonchev–Trinajstić information content (AvgIpc) is 3.27. The highest BCUT2D eigenvalue weighted by atomic mass is 16.5. The van der Waals surface area contributed by atoms with Crippen LogP contribution in [0.5, 0.6) is 11.5 Å². The van der Waals surface area contributed by atoms with Crippen LogP contribution in [-0.4, -0.2) is 35.7 Å². The lowest BCUT2D eigenvalue weighted by Gasteiger charge is -2.13. The molecule has 0 aliphatic carbocycles. The predicted octanol–water partition coefficient (Wildman–Crippen LogP) is 6.27. The second-order valence-electron chi connectivity index (χ2n) is 9.34. The summed E-state index contributed by atoms with van der Waals surface area (Å²) in [5, 5.41) is 3.01. The van der Waals surface area contributed by atoms with Crippen LogP contribution in [0.15, 0.2) is 66.7 Å². The smallest absolute Gasteiger partial charge is 0.255 e. The number of methoxy groups -OCH3 is 1. The van der Waals surface area contributed by atoms with Crippen LogP contribution in [-0.2, 0) is 13.0 Å². The summed E-state index contributed by atoms with van der Waals surface area (Å²) in [6.45, 7) is 6.40. The van der Waals surface area contributed by atoms with Crippen LogP contribution in [0.2, 0.25) is 0 Å². The molecule has 0 aliphatic heterocycles. The van der Waals surface area contributed by atoms with E-state index >= 15 is 0 Å². The molecule has 1 N–H and O–H groups in total. The summed E-state index contributed by atoms with van der Waals surface area (Å²) >= 11 is 0. The Morgan fingerprint density at radius 1 is 0.892 bits per heavy atom. The number of carbonyl (C=O) groups excluding carboxylic acids is 1. The van der Waals surface area contributed by atoms with Crippen LogP contribution in [0, 0.1) is 13.8 Å². The maximum Gasteiger partial charge on any atom is 0.255 e. The molecule has 0 atom stereocenters. The van der Waals surface area contributed by atoms with E-state index in [-0.39, 0.29) is 5.91 Å². The normalized spacial score (nSPS) is 11.0. The van der Waals surface area contributed by atoms with Crippen LogP contribution < -0.4 is 14.8 Å². The van der Waals surface area contributed by atoms with Gasteiger partial charge in [0.1, 0.15) is 17.3 Å². The number of amides is 1. The number of nitrogens with one attached hydrogen (secondary N) is 1. The first-order valence-electron chi connectivity index (χ1n) is 13.1. The lowest BCUT2D eigenvalue weighted by molar-refractivity contribution is 0.0950. The van der Waals surface area contributed by atoms with Gasteiger partial charge in [0.05, 0.1) is 30.3 Å². The van der Waals surface area contributed by atoms with Gasteiger partial charge in [0.25, 0.3) is 5.91 Å². The number of para-hydroxylation sites is 3. The molecular weight excluding hydrogens is 462 g/mol. The minimum atomic E-state index is -0.0951. The molecule has 1 heterocycles. The van der Waals surface area contributed by atoms with Crippen molar-refractivity contribution in [3.05, 3.63) is 89.2 Å². The molecule has 0 radical (unpaired) electrons. The quantitative estimate of drug-likeness (QED) is 0.220. The Hall–Kier alpha value is -3.80. The zero-order chi connectivity index (χ0) is 26.0. The monoisotopic (exact) mass is 499 g/mol. The number of hydrogen-bond acceptors (Lipinski definition) is 4. The van der Waals surface area contributed by atoms with Crippen molar-refractivity contribution >= 4 is 16.9 Å². The molecular formula is C31H37N3O3. The minimum Gasteiger partial charge on any atom is -0.496 e.